The Morgan fingerprint density at radius 3 is 1.90 bits per heavy atom. The quantitative estimate of drug-likeness (QED) is 0.167. The zero-order chi connectivity index (χ0) is 48.0. The van der Waals surface area contributed by atoms with Crippen LogP contribution in [0.1, 0.15) is 29.0 Å². The van der Waals surface area contributed by atoms with Gasteiger partial charge in [-0.05, 0) is 135 Å². The highest BCUT2D eigenvalue weighted by Gasteiger charge is 2.28. The first kappa shape index (κ1) is 41.3. The number of nitrogens with zero attached hydrogens (tertiary/aromatic N) is 4. The molecule has 0 aliphatic heterocycles. The third-order valence-corrected chi connectivity index (χ3v) is 15.2. The first-order chi connectivity index (χ1) is 36.2. The lowest BCUT2D eigenvalue weighted by Gasteiger charge is -2.20. The second kappa shape index (κ2) is 16.6. The number of aromatic nitrogens is 4. The van der Waals surface area contributed by atoms with Gasteiger partial charge in [-0.25, -0.2) is 15.0 Å². The van der Waals surface area contributed by atoms with E-state index >= 15 is 0 Å². The van der Waals surface area contributed by atoms with E-state index in [0.29, 0.717) is 17.5 Å². The minimum Gasteiger partial charge on any atom is -0.455 e. The van der Waals surface area contributed by atoms with Crippen LogP contribution in [0.4, 0.5) is 0 Å². The minimum atomic E-state index is 0.0625. The molecule has 1 aliphatic carbocycles. The summed E-state index contributed by atoms with van der Waals surface area (Å²) in [6.07, 6.45) is 1.85. The molecule has 73 heavy (non-hydrogen) atoms. The van der Waals surface area contributed by atoms with Crippen LogP contribution in [0, 0.1) is 0 Å². The van der Waals surface area contributed by atoms with Crippen molar-refractivity contribution in [2.45, 2.75) is 18.8 Å². The molecule has 0 saturated carbocycles. The molecule has 342 valence electrons. The standard InChI is InChI=1S/C68H44N4O/c1-3-16-42(17-4-1)44-21-15-22-48(37-44)66-69-67(49-32-35-62-59(39-49)56-28-13-14-29-61(56)72(62)51-23-5-2-6-24-51)71-68(70-66)60-40-50(41-63-64(60)57-34-30-43-18-9-10-25-53(43)65(57)73-63)52-33-31-47-36-45-19-7-8-20-46(45)38-58(47)55-27-12-11-26-54(52)55/h1-30,32,34-41,52H,31,33H2. The van der Waals surface area contributed by atoms with Crippen molar-refractivity contribution in [2.75, 3.05) is 0 Å². The summed E-state index contributed by atoms with van der Waals surface area (Å²) in [7, 11) is 0. The van der Waals surface area contributed by atoms with Gasteiger partial charge in [0.15, 0.2) is 17.5 Å². The van der Waals surface area contributed by atoms with Gasteiger partial charge in [-0.2, -0.15) is 0 Å². The maximum absolute atomic E-state index is 7.14. The molecular weight excluding hydrogens is 889 g/mol. The minimum absolute atomic E-state index is 0.0625. The van der Waals surface area contributed by atoms with Gasteiger partial charge in [0.2, 0.25) is 0 Å². The monoisotopic (exact) mass is 932 g/mol. The normalized spacial score (nSPS) is 13.5. The van der Waals surface area contributed by atoms with Crippen LogP contribution in [0.3, 0.4) is 0 Å². The molecule has 11 aromatic carbocycles. The molecule has 15 rings (SSSR count). The Hall–Kier alpha value is -9.45. The average Bonchev–Trinajstić information content (AvgIpc) is 3.96. The highest BCUT2D eigenvalue weighted by atomic mass is 16.3. The van der Waals surface area contributed by atoms with Crippen molar-refractivity contribution >= 4 is 65.3 Å². The lowest BCUT2D eigenvalue weighted by atomic mass is 9.84. The zero-order valence-electron chi connectivity index (χ0n) is 39.7. The van der Waals surface area contributed by atoms with Crippen molar-refractivity contribution in [1.29, 1.82) is 0 Å². The molecule has 3 heterocycles. The molecule has 5 heteroatoms. The molecule has 0 spiro atoms. The van der Waals surface area contributed by atoms with Crippen molar-refractivity contribution in [1.82, 2.24) is 19.5 Å². The highest BCUT2D eigenvalue weighted by molar-refractivity contribution is 6.19. The molecule has 0 amide bonds. The Kier molecular flexibility index (Phi) is 9.39. The summed E-state index contributed by atoms with van der Waals surface area (Å²) < 4.78 is 9.49. The van der Waals surface area contributed by atoms with Crippen molar-refractivity contribution in [2.24, 2.45) is 0 Å². The fourth-order valence-corrected chi connectivity index (χ4v) is 11.8. The van der Waals surface area contributed by atoms with Crippen LogP contribution in [0.15, 0.2) is 241 Å². The van der Waals surface area contributed by atoms with Gasteiger partial charge in [0.1, 0.15) is 11.2 Å². The van der Waals surface area contributed by atoms with E-state index in [9.17, 15) is 0 Å². The van der Waals surface area contributed by atoms with Gasteiger partial charge in [0, 0.05) is 55.2 Å². The van der Waals surface area contributed by atoms with Crippen LogP contribution in [-0.2, 0) is 6.42 Å². The van der Waals surface area contributed by atoms with Gasteiger partial charge in [-0.1, -0.05) is 170 Å². The topological polar surface area (TPSA) is 56.7 Å². The van der Waals surface area contributed by atoms with Gasteiger partial charge in [0.25, 0.3) is 0 Å². The van der Waals surface area contributed by atoms with E-state index in [2.05, 4.69) is 241 Å². The van der Waals surface area contributed by atoms with E-state index in [1.165, 1.54) is 44.0 Å². The molecule has 3 aromatic heterocycles. The highest BCUT2D eigenvalue weighted by Crippen LogP contribution is 2.47. The molecule has 0 bridgehead atoms. The maximum atomic E-state index is 7.14. The van der Waals surface area contributed by atoms with Crippen LogP contribution < -0.4 is 0 Å². The molecule has 0 fully saturated rings. The summed E-state index contributed by atoms with van der Waals surface area (Å²) >= 11 is 0. The van der Waals surface area contributed by atoms with Crippen LogP contribution >= 0.6 is 0 Å². The third-order valence-electron chi connectivity index (χ3n) is 15.2. The molecule has 1 aliphatic rings. The zero-order valence-corrected chi connectivity index (χ0v) is 39.7. The fraction of sp³-hybridized carbons (Fsp3) is 0.0441. The Balaban J connectivity index is 0.987. The molecule has 5 nitrogen and oxygen atoms in total. The van der Waals surface area contributed by atoms with Gasteiger partial charge in [-0.15, -0.1) is 0 Å². The van der Waals surface area contributed by atoms with E-state index in [1.54, 1.807) is 0 Å². The molecular formula is C68H44N4O. The molecule has 0 N–H and O–H groups in total. The second-order valence-electron chi connectivity index (χ2n) is 19.4. The summed E-state index contributed by atoms with van der Waals surface area (Å²) in [5.41, 5.74) is 16.4. The molecule has 0 radical (unpaired) electrons. The summed E-state index contributed by atoms with van der Waals surface area (Å²) in [5.74, 6) is 1.86. The van der Waals surface area contributed by atoms with Crippen molar-refractivity contribution < 1.29 is 4.42 Å². The van der Waals surface area contributed by atoms with Crippen LogP contribution in [-0.4, -0.2) is 19.5 Å². The number of furan rings is 1. The Morgan fingerprint density at radius 1 is 0.397 bits per heavy atom. The largest absolute Gasteiger partial charge is 0.455 e. The van der Waals surface area contributed by atoms with Gasteiger partial charge < -0.3 is 8.98 Å². The number of hydrogen-bond acceptors (Lipinski definition) is 4. The van der Waals surface area contributed by atoms with Gasteiger partial charge >= 0.3 is 0 Å². The Labute approximate surface area is 421 Å². The molecule has 1 unspecified atom stereocenters. The Bertz CT molecular complexity index is 4510. The van der Waals surface area contributed by atoms with Crippen LogP contribution in [0.5, 0.6) is 0 Å². The van der Waals surface area contributed by atoms with Crippen LogP contribution in [0.2, 0.25) is 0 Å². The van der Waals surface area contributed by atoms with E-state index in [4.69, 9.17) is 19.4 Å². The summed E-state index contributed by atoms with van der Waals surface area (Å²) in [6.45, 7) is 0. The van der Waals surface area contributed by atoms with E-state index in [0.717, 1.165) is 95.5 Å². The average molecular weight is 933 g/mol. The fourth-order valence-electron chi connectivity index (χ4n) is 11.8. The molecule has 14 aromatic rings. The summed E-state index contributed by atoms with van der Waals surface area (Å²) in [6, 6.07) is 85.0. The van der Waals surface area contributed by atoms with E-state index < -0.39 is 0 Å². The predicted octanol–water partition coefficient (Wildman–Crippen LogP) is 17.6. The molecule has 1 atom stereocenters. The lowest BCUT2D eigenvalue weighted by Crippen LogP contribution is -2.04. The first-order valence-electron chi connectivity index (χ1n) is 25.2. The van der Waals surface area contributed by atoms with Crippen molar-refractivity contribution in [3.63, 3.8) is 0 Å². The maximum Gasteiger partial charge on any atom is 0.164 e. The smallest absolute Gasteiger partial charge is 0.164 e. The number of rotatable bonds is 6. The summed E-state index contributed by atoms with van der Waals surface area (Å²) in [4.78, 5) is 16.5. The number of para-hydroxylation sites is 2. The van der Waals surface area contributed by atoms with Gasteiger partial charge in [0.05, 0.1) is 11.0 Å². The van der Waals surface area contributed by atoms with Crippen molar-refractivity contribution in [3.05, 3.63) is 253 Å². The number of hydrogen-bond donors (Lipinski definition) is 0. The number of benzene rings is 11. The second-order valence-corrected chi connectivity index (χ2v) is 19.4. The third kappa shape index (κ3) is 6.81. The Morgan fingerprint density at radius 2 is 1.05 bits per heavy atom. The van der Waals surface area contributed by atoms with E-state index in [1.807, 2.05) is 0 Å². The SMILES string of the molecule is c1ccc(-c2cccc(-c3nc(-c4ccc5c(c4)c4ccccc4n5-c4ccccc4)nc(-c4cc(C5CCc6cc7ccccc7cc6-c6ccccc65)cc5oc6c7ccccc7ccc6c45)n3)c2)cc1. The number of fused-ring (bicyclic) bond motifs is 12. The van der Waals surface area contributed by atoms with Crippen LogP contribution in [0.25, 0.3) is 127 Å². The van der Waals surface area contributed by atoms with E-state index in [-0.39, 0.29) is 5.92 Å². The first-order valence-corrected chi connectivity index (χ1v) is 25.2. The lowest BCUT2D eigenvalue weighted by molar-refractivity contribution is 0.668. The predicted molar refractivity (Wildman–Crippen MR) is 300 cm³/mol. The summed E-state index contributed by atoms with van der Waals surface area (Å²) in [5, 5.41) is 9.04. The van der Waals surface area contributed by atoms with Gasteiger partial charge in [-0.3, -0.25) is 0 Å². The number of aryl methyl sites for hydroxylation is 1. The molecule has 0 saturated heterocycles. The van der Waals surface area contributed by atoms with Crippen molar-refractivity contribution in [3.8, 4) is 62.1 Å².